The van der Waals surface area contributed by atoms with E-state index in [1.54, 1.807) is 12.1 Å². The van der Waals surface area contributed by atoms with Gasteiger partial charge < -0.3 is 9.63 Å². The smallest absolute Gasteiger partial charge is 0.337 e. The molecule has 0 spiro atoms. The van der Waals surface area contributed by atoms with Gasteiger partial charge in [-0.3, -0.25) is 4.90 Å². The van der Waals surface area contributed by atoms with Gasteiger partial charge in [0.1, 0.15) is 0 Å². The molecule has 1 aromatic heterocycles. The van der Waals surface area contributed by atoms with E-state index in [1.807, 2.05) is 6.07 Å². The van der Waals surface area contributed by atoms with E-state index in [2.05, 4.69) is 23.9 Å². The number of fused-ring (bicyclic) bond motifs is 1. The number of carbonyl (C=O) groups is 1. The minimum Gasteiger partial charge on any atom is -0.478 e. The highest BCUT2D eigenvalue weighted by Crippen LogP contribution is 2.50. The number of likely N-dealkylation sites (tertiary alicyclic amines) is 1. The Morgan fingerprint density at radius 3 is 2.96 bits per heavy atom. The molecule has 4 rings (SSSR count). The maximum atomic E-state index is 11.1. The third-order valence-corrected chi connectivity index (χ3v) is 6.31. The Kier molecular flexibility index (Phi) is 4.72. The Hall–Kier alpha value is -1.92. The lowest BCUT2D eigenvalue weighted by Gasteiger charge is -2.24. The predicted molar refractivity (Wildman–Crippen MR) is 101 cm³/mol. The molecule has 0 unspecified atom stereocenters. The molecular weight excluding hydrogens is 366 g/mol. The summed E-state index contributed by atoms with van der Waals surface area (Å²) in [5, 5.41) is 13.6. The molecule has 1 saturated carbocycles. The SMILES string of the molecule is CC(C)c1noc([C@]23CCC[C@H]2CN(Cc2ccc(C(=O)O)c(Cl)c2)C3)n1. The fourth-order valence-electron chi connectivity index (χ4n) is 4.62. The van der Waals surface area contributed by atoms with Crippen molar-refractivity contribution < 1.29 is 14.4 Å². The van der Waals surface area contributed by atoms with Crippen molar-refractivity contribution in [3.63, 3.8) is 0 Å². The van der Waals surface area contributed by atoms with Crippen molar-refractivity contribution in [3.8, 4) is 0 Å². The molecular formula is C20H24ClN3O3. The molecule has 2 heterocycles. The number of halogens is 1. The van der Waals surface area contributed by atoms with Gasteiger partial charge in [-0.1, -0.05) is 43.1 Å². The highest BCUT2D eigenvalue weighted by atomic mass is 35.5. The summed E-state index contributed by atoms with van der Waals surface area (Å²) in [7, 11) is 0. The number of hydrogen-bond acceptors (Lipinski definition) is 5. The molecule has 7 heteroatoms. The van der Waals surface area contributed by atoms with E-state index >= 15 is 0 Å². The van der Waals surface area contributed by atoms with Gasteiger partial charge in [-0.15, -0.1) is 0 Å². The Morgan fingerprint density at radius 1 is 1.48 bits per heavy atom. The molecule has 2 aromatic rings. The Labute approximate surface area is 163 Å². The van der Waals surface area contributed by atoms with Crippen molar-refractivity contribution in [1.82, 2.24) is 15.0 Å². The average molecular weight is 390 g/mol. The van der Waals surface area contributed by atoms with Crippen molar-refractivity contribution in [3.05, 3.63) is 46.1 Å². The molecule has 144 valence electrons. The van der Waals surface area contributed by atoms with Crippen LogP contribution in [-0.4, -0.2) is 39.2 Å². The van der Waals surface area contributed by atoms with Crippen LogP contribution in [0.5, 0.6) is 0 Å². The zero-order valence-electron chi connectivity index (χ0n) is 15.6. The first-order chi connectivity index (χ1) is 12.9. The minimum absolute atomic E-state index is 0.0507. The van der Waals surface area contributed by atoms with E-state index < -0.39 is 5.97 Å². The van der Waals surface area contributed by atoms with Crippen LogP contribution in [0.25, 0.3) is 0 Å². The third-order valence-electron chi connectivity index (χ3n) is 6.00. The Morgan fingerprint density at radius 2 is 2.30 bits per heavy atom. The molecule has 1 N–H and O–H groups in total. The Balaban J connectivity index is 1.54. The quantitative estimate of drug-likeness (QED) is 0.829. The molecule has 0 bridgehead atoms. The van der Waals surface area contributed by atoms with Crippen molar-refractivity contribution in [2.75, 3.05) is 13.1 Å². The molecule has 0 radical (unpaired) electrons. The van der Waals surface area contributed by atoms with Crippen molar-refractivity contribution in [2.24, 2.45) is 5.92 Å². The molecule has 1 aliphatic carbocycles. The van der Waals surface area contributed by atoms with Crippen LogP contribution < -0.4 is 0 Å². The van der Waals surface area contributed by atoms with Gasteiger partial charge >= 0.3 is 5.97 Å². The minimum atomic E-state index is -1.00. The van der Waals surface area contributed by atoms with Crippen LogP contribution in [0.1, 0.15) is 66.7 Å². The van der Waals surface area contributed by atoms with Crippen LogP contribution in [0.3, 0.4) is 0 Å². The molecule has 27 heavy (non-hydrogen) atoms. The Bertz CT molecular complexity index is 866. The lowest BCUT2D eigenvalue weighted by atomic mass is 9.80. The summed E-state index contributed by atoms with van der Waals surface area (Å²) in [5.74, 6) is 1.34. The lowest BCUT2D eigenvalue weighted by Crippen LogP contribution is -2.32. The molecule has 2 aliphatic rings. The van der Waals surface area contributed by atoms with Gasteiger partial charge in [-0.25, -0.2) is 4.79 Å². The number of rotatable bonds is 5. The van der Waals surface area contributed by atoms with E-state index in [4.69, 9.17) is 26.2 Å². The van der Waals surface area contributed by atoms with Crippen molar-refractivity contribution >= 4 is 17.6 Å². The van der Waals surface area contributed by atoms with E-state index in [0.29, 0.717) is 5.92 Å². The van der Waals surface area contributed by atoms with Gasteiger partial charge in [0.05, 0.1) is 16.0 Å². The standard InChI is InChI=1S/C20H24ClN3O3/c1-12(2)17-22-19(27-23-17)20-7-3-4-14(20)10-24(11-20)9-13-5-6-15(18(25)26)16(21)8-13/h5-6,8,12,14H,3-4,7,9-11H2,1-2H3,(H,25,26)/t14-,20-/m0/s1. The normalized spacial score (nSPS) is 25.3. The first-order valence-electron chi connectivity index (χ1n) is 9.47. The second kappa shape index (κ2) is 6.91. The van der Waals surface area contributed by atoms with Gasteiger partial charge in [-0.05, 0) is 36.5 Å². The summed E-state index contributed by atoms with van der Waals surface area (Å²) in [4.78, 5) is 18.3. The van der Waals surface area contributed by atoms with Crippen LogP contribution in [0, 0.1) is 5.92 Å². The zero-order chi connectivity index (χ0) is 19.2. The van der Waals surface area contributed by atoms with E-state index in [9.17, 15) is 4.79 Å². The van der Waals surface area contributed by atoms with E-state index in [0.717, 1.165) is 43.3 Å². The fourth-order valence-corrected chi connectivity index (χ4v) is 4.91. The van der Waals surface area contributed by atoms with Crippen LogP contribution >= 0.6 is 11.6 Å². The maximum absolute atomic E-state index is 11.1. The number of carboxylic acid groups (broad SMARTS) is 1. The monoisotopic (exact) mass is 389 g/mol. The predicted octanol–water partition coefficient (Wildman–Crippen LogP) is 4.10. The van der Waals surface area contributed by atoms with Crippen LogP contribution in [0.4, 0.5) is 0 Å². The highest BCUT2D eigenvalue weighted by molar-refractivity contribution is 6.33. The molecule has 6 nitrogen and oxygen atoms in total. The summed E-state index contributed by atoms with van der Waals surface area (Å²) in [5.41, 5.74) is 1.11. The molecule has 1 aromatic carbocycles. The summed E-state index contributed by atoms with van der Waals surface area (Å²) in [6.07, 6.45) is 3.44. The van der Waals surface area contributed by atoms with Gasteiger partial charge in [0.25, 0.3) is 0 Å². The second-order valence-electron chi connectivity index (χ2n) is 8.15. The van der Waals surface area contributed by atoms with Gasteiger partial charge in [0.2, 0.25) is 5.89 Å². The van der Waals surface area contributed by atoms with E-state index in [1.165, 1.54) is 12.8 Å². The number of benzene rings is 1. The third kappa shape index (κ3) is 3.25. The van der Waals surface area contributed by atoms with E-state index in [-0.39, 0.29) is 21.9 Å². The second-order valence-corrected chi connectivity index (χ2v) is 8.55. The lowest BCUT2D eigenvalue weighted by molar-refractivity contribution is 0.0697. The zero-order valence-corrected chi connectivity index (χ0v) is 16.4. The van der Waals surface area contributed by atoms with Crippen molar-refractivity contribution in [1.29, 1.82) is 0 Å². The van der Waals surface area contributed by atoms with Crippen LogP contribution in [0.15, 0.2) is 22.7 Å². The van der Waals surface area contributed by atoms with Crippen LogP contribution in [-0.2, 0) is 12.0 Å². The fraction of sp³-hybridized carbons (Fsp3) is 0.550. The van der Waals surface area contributed by atoms with Gasteiger partial charge in [-0.2, -0.15) is 4.98 Å². The molecule has 2 atom stereocenters. The topological polar surface area (TPSA) is 79.5 Å². The van der Waals surface area contributed by atoms with Crippen molar-refractivity contribution in [2.45, 2.75) is 51.0 Å². The molecule has 1 saturated heterocycles. The van der Waals surface area contributed by atoms with Gasteiger partial charge in [0, 0.05) is 25.6 Å². The van der Waals surface area contributed by atoms with Crippen LogP contribution in [0.2, 0.25) is 5.02 Å². The number of aromatic nitrogens is 2. The number of nitrogens with zero attached hydrogens (tertiary/aromatic N) is 3. The molecule has 2 fully saturated rings. The maximum Gasteiger partial charge on any atom is 0.337 e. The molecule has 1 aliphatic heterocycles. The first kappa shape index (κ1) is 18.4. The summed E-state index contributed by atoms with van der Waals surface area (Å²) in [6.45, 7) is 6.75. The average Bonchev–Trinajstić information content (AvgIpc) is 3.27. The number of hydrogen-bond donors (Lipinski definition) is 1. The first-order valence-corrected chi connectivity index (χ1v) is 9.85. The van der Waals surface area contributed by atoms with Gasteiger partial charge in [0.15, 0.2) is 5.82 Å². The summed E-state index contributed by atoms with van der Waals surface area (Å²) < 4.78 is 5.70. The summed E-state index contributed by atoms with van der Waals surface area (Å²) in [6, 6.07) is 5.19. The largest absolute Gasteiger partial charge is 0.478 e. The summed E-state index contributed by atoms with van der Waals surface area (Å²) >= 11 is 6.13. The highest BCUT2D eigenvalue weighted by Gasteiger charge is 2.54. The number of aromatic carboxylic acids is 1. The number of carboxylic acids is 1. The molecule has 0 amide bonds.